The SMILES string of the molecule is CC1CCC(N(C)C(=O)CN2CCCC[C@H]2C(=O)O)CC1. The topological polar surface area (TPSA) is 60.9 Å². The molecule has 2 rings (SSSR count). The summed E-state index contributed by atoms with van der Waals surface area (Å²) in [7, 11) is 1.88. The van der Waals surface area contributed by atoms with Crippen molar-refractivity contribution in [2.75, 3.05) is 20.1 Å². The van der Waals surface area contributed by atoms with Crippen molar-refractivity contribution in [1.29, 1.82) is 0 Å². The van der Waals surface area contributed by atoms with Crippen LogP contribution < -0.4 is 0 Å². The van der Waals surface area contributed by atoms with Gasteiger partial charge in [0.2, 0.25) is 5.91 Å². The molecule has 2 fully saturated rings. The van der Waals surface area contributed by atoms with E-state index in [1.807, 2.05) is 16.8 Å². The molecule has 1 aliphatic carbocycles. The smallest absolute Gasteiger partial charge is 0.320 e. The van der Waals surface area contributed by atoms with E-state index in [0.717, 1.165) is 38.1 Å². The zero-order valence-corrected chi connectivity index (χ0v) is 13.3. The summed E-state index contributed by atoms with van der Waals surface area (Å²) in [5, 5.41) is 9.27. The molecule has 5 nitrogen and oxygen atoms in total. The number of nitrogens with zero attached hydrogens (tertiary/aromatic N) is 2. The highest BCUT2D eigenvalue weighted by molar-refractivity contribution is 5.80. The number of rotatable bonds is 4. The Balaban J connectivity index is 1.88. The molecule has 2 aliphatic rings. The molecule has 120 valence electrons. The van der Waals surface area contributed by atoms with Crippen molar-refractivity contribution in [2.24, 2.45) is 5.92 Å². The number of hydrogen-bond acceptors (Lipinski definition) is 3. The minimum absolute atomic E-state index is 0.0719. The van der Waals surface area contributed by atoms with E-state index in [1.54, 1.807) is 0 Å². The maximum Gasteiger partial charge on any atom is 0.320 e. The van der Waals surface area contributed by atoms with E-state index in [0.29, 0.717) is 12.5 Å². The lowest BCUT2D eigenvalue weighted by Crippen LogP contribution is -2.51. The van der Waals surface area contributed by atoms with Gasteiger partial charge in [0.25, 0.3) is 0 Å². The molecule has 1 saturated heterocycles. The van der Waals surface area contributed by atoms with Gasteiger partial charge in [0.05, 0.1) is 6.54 Å². The number of piperidine rings is 1. The first-order chi connectivity index (χ1) is 9.99. The van der Waals surface area contributed by atoms with Gasteiger partial charge in [0.1, 0.15) is 6.04 Å². The molecule has 0 radical (unpaired) electrons. The van der Waals surface area contributed by atoms with E-state index in [9.17, 15) is 14.7 Å². The number of likely N-dealkylation sites (tertiary alicyclic amines) is 1. The molecule has 1 atom stereocenters. The fourth-order valence-electron chi connectivity index (χ4n) is 3.58. The van der Waals surface area contributed by atoms with Crippen LogP contribution in [-0.4, -0.2) is 59.0 Å². The quantitative estimate of drug-likeness (QED) is 0.861. The molecule has 0 aromatic rings. The summed E-state index contributed by atoms with van der Waals surface area (Å²) < 4.78 is 0. The Morgan fingerprint density at radius 2 is 1.81 bits per heavy atom. The third-order valence-corrected chi connectivity index (χ3v) is 5.16. The second-order valence-electron chi connectivity index (χ2n) is 6.74. The second-order valence-corrected chi connectivity index (χ2v) is 6.74. The average Bonchev–Trinajstić information content (AvgIpc) is 2.47. The Labute approximate surface area is 127 Å². The summed E-state index contributed by atoms with van der Waals surface area (Å²) >= 11 is 0. The first kappa shape index (κ1) is 16.3. The van der Waals surface area contributed by atoms with Crippen LogP contribution in [0, 0.1) is 5.92 Å². The molecule has 0 bridgehead atoms. The van der Waals surface area contributed by atoms with Crippen molar-refractivity contribution in [3.05, 3.63) is 0 Å². The Kier molecular flexibility index (Phi) is 5.62. The van der Waals surface area contributed by atoms with Gasteiger partial charge in [0.15, 0.2) is 0 Å². The van der Waals surface area contributed by atoms with E-state index in [-0.39, 0.29) is 12.5 Å². The Hall–Kier alpha value is -1.10. The third kappa shape index (κ3) is 4.19. The number of carbonyl (C=O) groups excluding carboxylic acids is 1. The van der Waals surface area contributed by atoms with Gasteiger partial charge in [-0.15, -0.1) is 0 Å². The number of amides is 1. The summed E-state index contributed by atoms with van der Waals surface area (Å²) in [4.78, 5) is 27.4. The maximum atomic E-state index is 12.5. The third-order valence-electron chi connectivity index (χ3n) is 5.16. The highest BCUT2D eigenvalue weighted by Crippen LogP contribution is 2.27. The van der Waals surface area contributed by atoms with Crippen molar-refractivity contribution in [3.63, 3.8) is 0 Å². The lowest BCUT2D eigenvalue weighted by molar-refractivity contribution is -0.146. The van der Waals surface area contributed by atoms with Gasteiger partial charge >= 0.3 is 5.97 Å². The molecule has 1 heterocycles. The van der Waals surface area contributed by atoms with Crippen LogP contribution in [0.2, 0.25) is 0 Å². The van der Waals surface area contributed by atoms with Crippen LogP contribution in [0.25, 0.3) is 0 Å². The molecular formula is C16H28N2O3. The van der Waals surface area contributed by atoms with Gasteiger partial charge in [-0.3, -0.25) is 14.5 Å². The Morgan fingerprint density at radius 1 is 1.14 bits per heavy atom. The molecule has 1 aliphatic heterocycles. The van der Waals surface area contributed by atoms with Crippen LogP contribution in [0.15, 0.2) is 0 Å². The van der Waals surface area contributed by atoms with E-state index in [1.165, 1.54) is 12.8 Å². The molecule has 0 unspecified atom stereocenters. The van der Waals surface area contributed by atoms with Gasteiger partial charge in [-0.2, -0.15) is 0 Å². The predicted octanol–water partition coefficient (Wildman–Crippen LogP) is 1.96. The Bertz CT molecular complexity index is 378. The van der Waals surface area contributed by atoms with Crippen molar-refractivity contribution >= 4 is 11.9 Å². The van der Waals surface area contributed by atoms with Crippen molar-refractivity contribution in [3.8, 4) is 0 Å². The summed E-state index contributed by atoms with van der Waals surface area (Å²) in [6.07, 6.45) is 7.11. The fraction of sp³-hybridized carbons (Fsp3) is 0.875. The summed E-state index contributed by atoms with van der Waals surface area (Å²) in [6, 6.07) is -0.149. The molecule has 1 amide bonds. The summed E-state index contributed by atoms with van der Waals surface area (Å²) in [5.41, 5.74) is 0. The number of hydrogen-bond donors (Lipinski definition) is 1. The highest BCUT2D eigenvalue weighted by atomic mass is 16.4. The van der Waals surface area contributed by atoms with Crippen molar-refractivity contribution in [1.82, 2.24) is 9.80 Å². The molecule has 1 N–H and O–H groups in total. The van der Waals surface area contributed by atoms with E-state index in [4.69, 9.17) is 0 Å². The van der Waals surface area contributed by atoms with Gasteiger partial charge < -0.3 is 10.0 Å². The lowest BCUT2D eigenvalue weighted by atomic mass is 9.87. The maximum absolute atomic E-state index is 12.5. The normalized spacial score (nSPS) is 30.9. The number of likely N-dealkylation sites (N-methyl/N-ethyl adjacent to an activating group) is 1. The Morgan fingerprint density at radius 3 is 2.43 bits per heavy atom. The van der Waals surface area contributed by atoms with Gasteiger partial charge in [-0.05, 0) is 51.0 Å². The van der Waals surface area contributed by atoms with Crippen LogP contribution in [-0.2, 0) is 9.59 Å². The molecular weight excluding hydrogens is 268 g/mol. The zero-order chi connectivity index (χ0) is 15.4. The van der Waals surface area contributed by atoms with E-state index < -0.39 is 12.0 Å². The van der Waals surface area contributed by atoms with Gasteiger partial charge in [-0.1, -0.05) is 13.3 Å². The highest BCUT2D eigenvalue weighted by Gasteiger charge is 2.32. The van der Waals surface area contributed by atoms with Crippen LogP contribution in [0.4, 0.5) is 0 Å². The number of aliphatic carboxylic acids is 1. The molecule has 5 heteroatoms. The predicted molar refractivity (Wildman–Crippen MR) is 81.0 cm³/mol. The van der Waals surface area contributed by atoms with Crippen molar-refractivity contribution < 1.29 is 14.7 Å². The van der Waals surface area contributed by atoms with E-state index in [2.05, 4.69) is 6.92 Å². The van der Waals surface area contributed by atoms with Crippen LogP contribution in [0.1, 0.15) is 51.9 Å². The summed E-state index contributed by atoms with van der Waals surface area (Å²) in [6.45, 7) is 3.24. The van der Waals surface area contributed by atoms with E-state index >= 15 is 0 Å². The largest absolute Gasteiger partial charge is 0.480 e. The first-order valence-corrected chi connectivity index (χ1v) is 8.21. The number of carbonyl (C=O) groups is 2. The van der Waals surface area contributed by atoms with Gasteiger partial charge in [0, 0.05) is 13.1 Å². The monoisotopic (exact) mass is 296 g/mol. The van der Waals surface area contributed by atoms with Crippen LogP contribution in [0.3, 0.4) is 0 Å². The zero-order valence-electron chi connectivity index (χ0n) is 13.3. The molecule has 1 saturated carbocycles. The second kappa shape index (κ2) is 7.25. The van der Waals surface area contributed by atoms with Crippen LogP contribution >= 0.6 is 0 Å². The molecule has 0 aromatic carbocycles. The van der Waals surface area contributed by atoms with Gasteiger partial charge in [-0.25, -0.2) is 0 Å². The average molecular weight is 296 g/mol. The lowest BCUT2D eigenvalue weighted by Gasteiger charge is -2.37. The molecule has 0 spiro atoms. The number of carboxylic acids is 1. The minimum atomic E-state index is -0.795. The standard InChI is InChI=1S/C16H28N2O3/c1-12-6-8-13(9-7-12)17(2)15(19)11-18-10-4-3-5-14(18)16(20)21/h12-14H,3-11H2,1-2H3,(H,20,21)/t12?,13?,14-/m0/s1. The first-order valence-electron chi connectivity index (χ1n) is 8.21. The number of carboxylic acid groups (broad SMARTS) is 1. The summed E-state index contributed by atoms with van der Waals surface area (Å²) in [5.74, 6) is 0.0441. The minimum Gasteiger partial charge on any atom is -0.480 e. The molecule has 21 heavy (non-hydrogen) atoms. The van der Waals surface area contributed by atoms with Crippen LogP contribution in [0.5, 0.6) is 0 Å². The molecule has 0 aromatic heterocycles. The van der Waals surface area contributed by atoms with Crippen molar-refractivity contribution in [2.45, 2.75) is 64.0 Å². The fourth-order valence-corrected chi connectivity index (χ4v) is 3.58.